The van der Waals surface area contributed by atoms with E-state index in [9.17, 15) is 14.4 Å². The van der Waals surface area contributed by atoms with Crippen molar-refractivity contribution in [2.24, 2.45) is 17.8 Å². The molecule has 0 amide bonds. The second-order valence-corrected chi connectivity index (χ2v) is 18.3. The van der Waals surface area contributed by atoms with Gasteiger partial charge in [-0.2, -0.15) is 0 Å². The lowest BCUT2D eigenvalue weighted by atomic mass is 9.99. The molecule has 0 aliphatic heterocycles. The molecule has 0 N–H and O–H groups in total. The summed E-state index contributed by atoms with van der Waals surface area (Å²) in [6.07, 6.45) is 39.4. The highest BCUT2D eigenvalue weighted by Crippen LogP contribution is 2.18. The van der Waals surface area contributed by atoms with E-state index < -0.39 is 6.10 Å². The SMILES string of the molecule is CCC(C)CCCCCCCCCCC(=O)OC[C@H](COC(=O)CCCCCCCCCCCCCC(C)C)OC(=O)CCCCCCCCCCCC(C)C. The van der Waals surface area contributed by atoms with Crippen molar-refractivity contribution in [1.29, 1.82) is 0 Å². The van der Waals surface area contributed by atoms with Crippen LogP contribution in [0.5, 0.6) is 0 Å². The fraction of sp³-hybridized carbons (Fsp3) is 0.940. The summed E-state index contributed by atoms with van der Waals surface area (Å²) in [5.74, 6) is 1.62. The van der Waals surface area contributed by atoms with Crippen LogP contribution in [0.4, 0.5) is 0 Å². The maximum atomic E-state index is 12.7. The van der Waals surface area contributed by atoms with Crippen molar-refractivity contribution < 1.29 is 28.6 Å². The molecule has 6 heteroatoms. The Labute approximate surface area is 348 Å². The van der Waals surface area contributed by atoms with Crippen molar-refractivity contribution in [3.8, 4) is 0 Å². The molecule has 2 atom stereocenters. The first-order valence-corrected chi connectivity index (χ1v) is 24.6. The van der Waals surface area contributed by atoms with Crippen LogP contribution < -0.4 is 0 Å². The molecule has 0 radical (unpaired) electrons. The first-order chi connectivity index (χ1) is 27.1. The van der Waals surface area contributed by atoms with Crippen LogP contribution >= 0.6 is 0 Å². The molecule has 6 nitrogen and oxygen atoms in total. The number of esters is 3. The molecule has 0 aliphatic carbocycles. The van der Waals surface area contributed by atoms with E-state index in [4.69, 9.17) is 14.2 Å². The van der Waals surface area contributed by atoms with Gasteiger partial charge in [0.25, 0.3) is 0 Å². The van der Waals surface area contributed by atoms with Gasteiger partial charge < -0.3 is 14.2 Å². The summed E-state index contributed by atoms with van der Waals surface area (Å²) in [4.78, 5) is 37.8. The highest BCUT2D eigenvalue weighted by molar-refractivity contribution is 5.71. The first kappa shape index (κ1) is 54.4. The monoisotopic (exact) mass is 793 g/mol. The van der Waals surface area contributed by atoms with Crippen LogP contribution in [-0.4, -0.2) is 37.2 Å². The predicted octanol–water partition coefficient (Wildman–Crippen LogP) is 15.6. The molecule has 0 heterocycles. The van der Waals surface area contributed by atoms with Crippen molar-refractivity contribution in [2.75, 3.05) is 13.2 Å². The summed E-state index contributed by atoms with van der Waals surface area (Å²) in [5.41, 5.74) is 0. The number of carbonyl (C=O) groups is 3. The average molecular weight is 793 g/mol. The van der Waals surface area contributed by atoms with Crippen LogP contribution in [0, 0.1) is 17.8 Å². The van der Waals surface area contributed by atoms with Gasteiger partial charge in [0.2, 0.25) is 0 Å². The molecular weight excluding hydrogens is 697 g/mol. The summed E-state index contributed by atoms with van der Waals surface area (Å²) in [6.45, 7) is 13.7. The fourth-order valence-corrected chi connectivity index (χ4v) is 7.38. The van der Waals surface area contributed by atoms with Crippen LogP contribution in [0.15, 0.2) is 0 Å². The molecule has 0 aliphatic rings. The summed E-state index contributed by atoms with van der Waals surface area (Å²) < 4.78 is 16.8. The standard InChI is InChI=1S/C50H96O6/c1-7-46(6)38-32-26-20-16-17-22-28-34-40-49(52)55-43-47(56-50(53)41-35-29-23-15-11-13-19-25-31-37-45(4)5)42-54-48(51)39-33-27-21-14-10-8-9-12-18-24-30-36-44(2)3/h44-47H,7-43H2,1-6H3/t46?,47-/m0/s1. The molecule has 1 unspecified atom stereocenters. The zero-order valence-electron chi connectivity index (χ0n) is 38.4. The number of ether oxygens (including phenoxy) is 3. The highest BCUT2D eigenvalue weighted by Gasteiger charge is 2.19. The van der Waals surface area contributed by atoms with E-state index in [0.717, 1.165) is 75.5 Å². The minimum absolute atomic E-state index is 0.0656. The molecule has 0 bridgehead atoms. The largest absolute Gasteiger partial charge is 0.462 e. The highest BCUT2D eigenvalue weighted by atomic mass is 16.6. The van der Waals surface area contributed by atoms with Gasteiger partial charge in [-0.3, -0.25) is 14.4 Å². The summed E-state index contributed by atoms with van der Waals surface area (Å²) in [7, 11) is 0. The molecule has 0 aromatic carbocycles. The average Bonchev–Trinajstić information content (AvgIpc) is 3.16. The van der Waals surface area contributed by atoms with E-state index in [1.54, 1.807) is 0 Å². The Hall–Kier alpha value is -1.59. The van der Waals surface area contributed by atoms with E-state index in [1.807, 2.05) is 0 Å². The van der Waals surface area contributed by atoms with Gasteiger partial charge in [-0.25, -0.2) is 0 Å². The zero-order chi connectivity index (χ0) is 41.3. The number of hydrogen-bond donors (Lipinski definition) is 0. The Bertz CT molecular complexity index is 870. The normalized spacial score (nSPS) is 12.6. The van der Waals surface area contributed by atoms with E-state index in [0.29, 0.717) is 19.3 Å². The molecule has 0 spiro atoms. The van der Waals surface area contributed by atoms with Crippen LogP contribution in [0.1, 0.15) is 266 Å². The van der Waals surface area contributed by atoms with Crippen molar-refractivity contribution >= 4 is 17.9 Å². The number of carbonyl (C=O) groups excluding carboxylic acids is 3. The van der Waals surface area contributed by atoms with E-state index >= 15 is 0 Å². The Balaban J connectivity index is 4.34. The van der Waals surface area contributed by atoms with Crippen LogP contribution in [0.3, 0.4) is 0 Å². The quantitative estimate of drug-likeness (QED) is 0.0348. The van der Waals surface area contributed by atoms with Gasteiger partial charge >= 0.3 is 17.9 Å². The lowest BCUT2D eigenvalue weighted by Crippen LogP contribution is -2.30. The van der Waals surface area contributed by atoms with E-state index in [2.05, 4.69) is 41.5 Å². The van der Waals surface area contributed by atoms with Crippen molar-refractivity contribution in [2.45, 2.75) is 272 Å². The number of rotatable bonds is 43. The Morgan fingerprint density at radius 1 is 0.357 bits per heavy atom. The minimum Gasteiger partial charge on any atom is -0.462 e. The third-order valence-corrected chi connectivity index (χ3v) is 11.5. The smallest absolute Gasteiger partial charge is 0.306 e. The summed E-state index contributed by atoms with van der Waals surface area (Å²) >= 11 is 0. The van der Waals surface area contributed by atoms with E-state index in [-0.39, 0.29) is 31.1 Å². The van der Waals surface area contributed by atoms with Gasteiger partial charge in [0.15, 0.2) is 6.10 Å². The van der Waals surface area contributed by atoms with Gasteiger partial charge in [0.1, 0.15) is 13.2 Å². The maximum absolute atomic E-state index is 12.7. The van der Waals surface area contributed by atoms with Gasteiger partial charge in [-0.15, -0.1) is 0 Å². The van der Waals surface area contributed by atoms with Crippen LogP contribution in [0.2, 0.25) is 0 Å². The molecule has 0 fully saturated rings. The zero-order valence-corrected chi connectivity index (χ0v) is 38.4. The second kappa shape index (κ2) is 41.6. The summed E-state index contributed by atoms with van der Waals surface area (Å²) in [6, 6.07) is 0. The Morgan fingerprint density at radius 2 is 0.625 bits per heavy atom. The van der Waals surface area contributed by atoms with Crippen molar-refractivity contribution in [1.82, 2.24) is 0 Å². The van der Waals surface area contributed by atoms with Crippen LogP contribution in [0.25, 0.3) is 0 Å². The molecule has 0 saturated carbocycles. The minimum atomic E-state index is -0.762. The fourth-order valence-electron chi connectivity index (χ4n) is 7.38. The van der Waals surface area contributed by atoms with Gasteiger partial charge in [0, 0.05) is 19.3 Å². The Kier molecular flexibility index (Phi) is 40.4. The predicted molar refractivity (Wildman–Crippen MR) is 238 cm³/mol. The van der Waals surface area contributed by atoms with Crippen LogP contribution in [-0.2, 0) is 28.6 Å². The molecule has 0 aromatic rings. The molecular formula is C50H96O6. The lowest BCUT2D eigenvalue weighted by molar-refractivity contribution is -0.167. The lowest BCUT2D eigenvalue weighted by Gasteiger charge is -2.18. The third kappa shape index (κ3) is 42.0. The molecule has 0 rings (SSSR count). The number of hydrogen-bond acceptors (Lipinski definition) is 6. The van der Waals surface area contributed by atoms with Crippen molar-refractivity contribution in [3.63, 3.8) is 0 Å². The molecule has 56 heavy (non-hydrogen) atoms. The second-order valence-electron chi connectivity index (χ2n) is 18.3. The van der Waals surface area contributed by atoms with Gasteiger partial charge in [-0.05, 0) is 37.0 Å². The first-order valence-electron chi connectivity index (χ1n) is 24.6. The van der Waals surface area contributed by atoms with Crippen molar-refractivity contribution in [3.05, 3.63) is 0 Å². The number of unbranched alkanes of at least 4 members (excludes halogenated alkanes) is 25. The topological polar surface area (TPSA) is 78.9 Å². The van der Waals surface area contributed by atoms with Gasteiger partial charge in [-0.1, -0.05) is 228 Å². The van der Waals surface area contributed by atoms with Gasteiger partial charge in [0.05, 0.1) is 0 Å². The Morgan fingerprint density at radius 3 is 0.929 bits per heavy atom. The maximum Gasteiger partial charge on any atom is 0.306 e. The summed E-state index contributed by atoms with van der Waals surface area (Å²) in [5, 5.41) is 0. The molecule has 0 aromatic heterocycles. The van der Waals surface area contributed by atoms with E-state index in [1.165, 1.54) is 148 Å². The third-order valence-electron chi connectivity index (χ3n) is 11.5. The molecule has 332 valence electrons. The molecule has 0 saturated heterocycles.